The van der Waals surface area contributed by atoms with Crippen molar-refractivity contribution in [2.45, 2.75) is 57.3 Å². The Morgan fingerprint density at radius 1 is 0.920 bits per heavy atom. The number of rotatable bonds is 5. The lowest BCUT2D eigenvalue weighted by Gasteiger charge is -2.38. The molecule has 0 radical (unpaired) electrons. The summed E-state index contributed by atoms with van der Waals surface area (Å²) in [6, 6.07) is 7.71. The number of ether oxygens (including phenoxy) is 1. The van der Waals surface area contributed by atoms with Gasteiger partial charge in [0.25, 0.3) is 6.08 Å². The topological polar surface area (TPSA) is 9.23 Å². The van der Waals surface area contributed by atoms with Gasteiger partial charge in [0, 0.05) is 19.8 Å². The predicted molar refractivity (Wildman–Crippen MR) is 98.7 cm³/mol. The molecule has 0 aromatic heterocycles. The predicted octanol–water partition coefficient (Wildman–Crippen LogP) is 6.65. The van der Waals surface area contributed by atoms with Crippen LogP contribution in [0.25, 0.3) is 6.08 Å². The molecule has 138 valence electrons. The number of methoxy groups -OCH3 is 1. The van der Waals surface area contributed by atoms with Gasteiger partial charge in [-0.05, 0) is 86.2 Å². The molecule has 0 N–H and O–H groups in total. The summed E-state index contributed by atoms with van der Waals surface area (Å²) in [5.74, 6) is 3.19. The zero-order valence-corrected chi connectivity index (χ0v) is 15.2. The van der Waals surface area contributed by atoms with Gasteiger partial charge in [-0.3, -0.25) is 0 Å². The van der Waals surface area contributed by atoms with E-state index in [4.69, 9.17) is 4.74 Å². The summed E-state index contributed by atoms with van der Waals surface area (Å²) in [7, 11) is 1.81. The standard InChI is InChI=1S/C22H30F2O/c1-25-15-17-4-8-19(9-5-17)21-12-10-20(11-13-21)18-6-2-16(3-7-18)14-22(23)24/h2-3,6-7,14,17,19-21H,4-5,8-13,15H2,1H3/t17-,19-,20-,21-. The summed E-state index contributed by atoms with van der Waals surface area (Å²) in [5, 5.41) is 0. The molecule has 25 heavy (non-hydrogen) atoms. The minimum Gasteiger partial charge on any atom is -0.384 e. The maximum atomic E-state index is 12.3. The van der Waals surface area contributed by atoms with Crippen LogP contribution >= 0.6 is 0 Å². The Morgan fingerprint density at radius 3 is 2.00 bits per heavy atom. The quantitative estimate of drug-likeness (QED) is 0.579. The second-order valence-corrected chi connectivity index (χ2v) is 7.95. The first-order valence-corrected chi connectivity index (χ1v) is 9.77. The zero-order valence-electron chi connectivity index (χ0n) is 15.2. The lowest BCUT2D eigenvalue weighted by molar-refractivity contribution is 0.0968. The van der Waals surface area contributed by atoms with Crippen molar-refractivity contribution in [1.29, 1.82) is 0 Å². The van der Waals surface area contributed by atoms with Crippen molar-refractivity contribution in [3.05, 3.63) is 41.5 Å². The van der Waals surface area contributed by atoms with Gasteiger partial charge in [-0.15, -0.1) is 0 Å². The Labute approximate surface area is 150 Å². The average Bonchev–Trinajstić information content (AvgIpc) is 2.63. The zero-order chi connectivity index (χ0) is 17.6. The van der Waals surface area contributed by atoms with Gasteiger partial charge in [0.2, 0.25) is 0 Å². The Bertz CT molecular complexity index is 546. The Kier molecular flexibility index (Phi) is 6.63. The van der Waals surface area contributed by atoms with Crippen molar-refractivity contribution in [1.82, 2.24) is 0 Å². The molecule has 2 saturated carbocycles. The van der Waals surface area contributed by atoms with Crippen molar-refractivity contribution >= 4 is 6.08 Å². The fraction of sp³-hybridized carbons (Fsp3) is 0.636. The lowest BCUT2D eigenvalue weighted by atomic mass is 9.68. The number of hydrogen-bond donors (Lipinski definition) is 0. The van der Waals surface area contributed by atoms with E-state index in [-0.39, 0.29) is 0 Å². The van der Waals surface area contributed by atoms with Crippen LogP contribution in [-0.2, 0) is 4.74 Å². The highest BCUT2D eigenvalue weighted by molar-refractivity contribution is 5.50. The molecule has 0 unspecified atom stereocenters. The second kappa shape index (κ2) is 8.93. The van der Waals surface area contributed by atoms with Crippen molar-refractivity contribution in [3.8, 4) is 0 Å². The molecule has 2 fully saturated rings. The Balaban J connectivity index is 1.48. The fourth-order valence-corrected chi connectivity index (χ4v) is 4.98. The van der Waals surface area contributed by atoms with Crippen LogP contribution in [0.3, 0.4) is 0 Å². The molecule has 3 rings (SSSR count). The lowest BCUT2D eigenvalue weighted by Crippen LogP contribution is -2.26. The Hall–Kier alpha value is -1.22. The van der Waals surface area contributed by atoms with E-state index in [1.165, 1.54) is 56.9 Å². The third-order valence-corrected chi connectivity index (χ3v) is 6.42. The van der Waals surface area contributed by atoms with Gasteiger partial charge in [-0.25, -0.2) is 0 Å². The molecule has 0 bridgehead atoms. The molecule has 0 saturated heterocycles. The minimum atomic E-state index is -1.63. The molecule has 3 heteroatoms. The summed E-state index contributed by atoms with van der Waals surface area (Å²) >= 11 is 0. The molecular weight excluding hydrogens is 318 g/mol. The van der Waals surface area contributed by atoms with Crippen LogP contribution in [0.15, 0.2) is 30.3 Å². The van der Waals surface area contributed by atoms with E-state index in [1.54, 1.807) is 0 Å². The van der Waals surface area contributed by atoms with Crippen LogP contribution < -0.4 is 0 Å². The highest BCUT2D eigenvalue weighted by atomic mass is 19.3. The van der Waals surface area contributed by atoms with Crippen LogP contribution in [0.1, 0.15) is 68.4 Å². The van der Waals surface area contributed by atoms with E-state index in [1.807, 2.05) is 31.4 Å². The molecule has 0 atom stereocenters. The summed E-state index contributed by atoms with van der Waals surface area (Å²) in [6.07, 6.45) is 9.85. The van der Waals surface area contributed by atoms with Crippen LogP contribution in [-0.4, -0.2) is 13.7 Å². The van der Waals surface area contributed by atoms with Crippen LogP contribution in [0.4, 0.5) is 8.78 Å². The van der Waals surface area contributed by atoms with Crippen LogP contribution in [0.5, 0.6) is 0 Å². The van der Waals surface area contributed by atoms with E-state index in [0.717, 1.165) is 30.4 Å². The van der Waals surface area contributed by atoms with Gasteiger partial charge in [0.15, 0.2) is 0 Å². The van der Waals surface area contributed by atoms with Crippen molar-refractivity contribution in [2.75, 3.05) is 13.7 Å². The molecular formula is C22H30F2O. The molecule has 1 aromatic rings. The maximum absolute atomic E-state index is 12.3. The maximum Gasteiger partial charge on any atom is 0.270 e. The van der Waals surface area contributed by atoms with E-state index in [0.29, 0.717) is 11.5 Å². The molecule has 0 aliphatic heterocycles. The third kappa shape index (κ3) is 5.13. The number of halogens is 2. The summed E-state index contributed by atoms with van der Waals surface area (Å²) in [5.41, 5.74) is 1.91. The van der Waals surface area contributed by atoms with Gasteiger partial charge >= 0.3 is 0 Å². The van der Waals surface area contributed by atoms with E-state index >= 15 is 0 Å². The van der Waals surface area contributed by atoms with Gasteiger partial charge in [0.1, 0.15) is 0 Å². The second-order valence-electron chi connectivity index (χ2n) is 7.95. The Morgan fingerprint density at radius 2 is 1.48 bits per heavy atom. The summed E-state index contributed by atoms with van der Waals surface area (Å²) in [6.45, 7) is 0.928. The molecule has 2 aliphatic rings. The summed E-state index contributed by atoms with van der Waals surface area (Å²) < 4.78 is 29.9. The molecule has 1 nitrogen and oxygen atoms in total. The molecule has 0 amide bonds. The van der Waals surface area contributed by atoms with Gasteiger partial charge in [-0.1, -0.05) is 24.3 Å². The van der Waals surface area contributed by atoms with E-state index in [2.05, 4.69) is 0 Å². The minimum absolute atomic E-state index is 0.588. The SMILES string of the molecule is COC[C@H]1CC[C@H]([C@H]2CC[C@H](c3ccc(C=C(F)F)cc3)CC2)CC1. The van der Waals surface area contributed by atoms with E-state index < -0.39 is 6.08 Å². The smallest absolute Gasteiger partial charge is 0.270 e. The van der Waals surface area contributed by atoms with Crippen molar-refractivity contribution in [2.24, 2.45) is 17.8 Å². The normalized spacial score (nSPS) is 30.0. The van der Waals surface area contributed by atoms with Gasteiger partial charge in [0.05, 0.1) is 0 Å². The van der Waals surface area contributed by atoms with Crippen molar-refractivity contribution < 1.29 is 13.5 Å². The van der Waals surface area contributed by atoms with Crippen LogP contribution in [0.2, 0.25) is 0 Å². The molecule has 0 spiro atoms. The number of benzene rings is 1. The number of hydrogen-bond acceptors (Lipinski definition) is 1. The average molecular weight is 348 g/mol. The fourth-order valence-electron chi connectivity index (χ4n) is 4.98. The largest absolute Gasteiger partial charge is 0.384 e. The first-order chi connectivity index (χ1) is 12.2. The summed E-state index contributed by atoms with van der Waals surface area (Å²) in [4.78, 5) is 0. The highest BCUT2D eigenvalue weighted by Crippen LogP contribution is 2.43. The monoisotopic (exact) mass is 348 g/mol. The molecule has 2 aliphatic carbocycles. The first kappa shape index (κ1) is 18.6. The van der Waals surface area contributed by atoms with E-state index in [9.17, 15) is 8.78 Å². The molecule has 0 heterocycles. The molecule has 1 aromatic carbocycles. The first-order valence-electron chi connectivity index (χ1n) is 9.77. The third-order valence-electron chi connectivity index (χ3n) is 6.42. The van der Waals surface area contributed by atoms with Gasteiger partial charge in [-0.2, -0.15) is 8.78 Å². The van der Waals surface area contributed by atoms with Crippen molar-refractivity contribution in [3.63, 3.8) is 0 Å². The van der Waals surface area contributed by atoms with Gasteiger partial charge < -0.3 is 4.74 Å². The highest BCUT2D eigenvalue weighted by Gasteiger charge is 2.31. The van der Waals surface area contributed by atoms with Crippen LogP contribution in [0, 0.1) is 17.8 Å².